The molecule has 0 bridgehead atoms. The van der Waals surface area contributed by atoms with Gasteiger partial charge in [-0.15, -0.1) is 0 Å². The average Bonchev–Trinajstić information content (AvgIpc) is 2.37. The van der Waals surface area contributed by atoms with E-state index in [9.17, 15) is 0 Å². The van der Waals surface area contributed by atoms with Gasteiger partial charge in [0.25, 0.3) is 0 Å². The van der Waals surface area contributed by atoms with E-state index in [4.69, 9.17) is 22.7 Å². The fourth-order valence-electron chi connectivity index (χ4n) is 2.11. The lowest BCUT2D eigenvalue weighted by Gasteiger charge is -2.23. The molecule has 21 heavy (non-hydrogen) atoms. The molecule has 2 rings (SSSR count). The Kier molecular flexibility index (Phi) is 4.28. The molecule has 1 heterocycles. The summed E-state index contributed by atoms with van der Waals surface area (Å²) >= 11 is 5.03. The molecule has 0 aliphatic carbocycles. The highest BCUT2D eigenvalue weighted by molar-refractivity contribution is 7.80. The summed E-state index contributed by atoms with van der Waals surface area (Å²) in [7, 11) is 0. The van der Waals surface area contributed by atoms with Crippen molar-refractivity contribution in [1.82, 2.24) is 4.98 Å². The fraction of sp³-hybridized carbons (Fsp3) is 0.294. The van der Waals surface area contributed by atoms with Crippen LogP contribution in [-0.2, 0) is 5.41 Å². The first-order valence-corrected chi connectivity index (χ1v) is 7.23. The summed E-state index contributed by atoms with van der Waals surface area (Å²) in [6, 6.07) is 9.85. The Morgan fingerprint density at radius 3 is 2.52 bits per heavy atom. The maximum atomic E-state index is 6.08. The lowest BCUT2D eigenvalue weighted by Crippen LogP contribution is -2.15. The van der Waals surface area contributed by atoms with Gasteiger partial charge in [-0.25, -0.2) is 4.98 Å². The van der Waals surface area contributed by atoms with Crippen LogP contribution in [0.2, 0.25) is 0 Å². The monoisotopic (exact) mass is 300 g/mol. The van der Waals surface area contributed by atoms with Gasteiger partial charge in [0.05, 0.1) is 0 Å². The number of thiocarbonyl (C=S) groups is 1. The van der Waals surface area contributed by atoms with Crippen LogP contribution in [0.1, 0.15) is 37.6 Å². The van der Waals surface area contributed by atoms with Gasteiger partial charge in [0, 0.05) is 11.8 Å². The Morgan fingerprint density at radius 1 is 1.19 bits per heavy atom. The normalized spacial score (nSPS) is 11.2. The minimum absolute atomic E-state index is 0.0192. The highest BCUT2D eigenvalue weighted by atomic mass is 32.1. The lowest BCUT2D eigenvalue weighted by atomic mass is 9.86. The quantitative estimate of drug-likeness (QED) is 0.866. The predicted molar refractivity (Wildman–Crippen MR) is 90.1 cm³/mol. The van der Waals surface area contributed by atoms with Gasteiger partial charge in [-0.2, -0.15) is 0 Å². The number of pyridine rings is 1. The van der Waals surface area contributed by atoms with E-state index < -0.39 is 0 Å². The molecule has 110 valence electrons. The summed E-state index contributed by atoms with van der Waals surface area (Å²) in [6.45, 7) is 8.50. The standard InChI is InChI=1S/C17H20N2OS/c1-11-7-8-12(17(2,3)4)14(10-11)20-13-6-5-9-19-15(13)16(18)21/h5-10H,1-4H3,(H2,18,21). The van der Waals surface area contributed by atoms with Crippen LogP contribution < -0.4 is 10.5 Å². The van der Waals surface area contributed by atoms with Crippen LogP contribution in [0.3, 0.4) is 0 Å². The van der Waals surface area contributed by atoms with Gasteiger partial charge in [0.1, 0.15) is 16.4 Å². The number of aryl methyl sites for hydroxylation is 1. The van der Waals surface area contributed by atoms with Gasteiger partial charge in [0.15, 0.2) is 5.75 Å². The second-order valence-corrected chi connectivity index (χ2v) is 6.51. The van der Waals surface area contributed by atoms with Crippen molar-refractivity contribution in [2.45, 2.75) is 33.1 Å². The highest BCUT2D eigenvalue weighted by Gasteiger charge is 2.20. The minimum atomic E-state index is -0.0192. The first-order valence-electron chi connectivity index (χ1n) is 6.83. The smallest absolute Gasteiger partial charge is 0.156 e. The molecule has 4 heteroatoms. The number of aromatic nitrogens is 1. The Morgan fingerprint density at radius 2 is 1.90 bits per heavy atom. The molecule has 0 saturated carbocycles. The maximum Gasteiger partial charge on any atom is 0.156 e. The van der Waals surface area contributed by atoms with Crippen molar-refractivity contribution in [2.24, 2.45) is 5.73 Å². The largest absolute Gasteiger partial charge is 0.455 e. The molecule has 0 unspecified atom stereocenters. The van der Waals surface area contributed by atoms with Crippen LogP contribution >= 0.6 is 12.2 Å². The number of ether oxygens (including phenoxy) is 1. The molecule has 0 atom stereocenters. The number of hydrogen-bond donors (Lipinski definition) is 1. The van der Waals surface area contributed by atoms with E-state index in [1.807, 2.05) is 25.1 Å². The van der Waals surface area contributed by atoms with Crippen LogP contribution in [0.25, 0.3) is 0 Å². The Bertz CT molecular complexity index is 675. The average molecular weight is 300 g/mol. The lowest BCUT2D eigenvalue weighted by molar-refractivity contribution is 0.452. The van der Waals surface area contributed by atoms with E-state index in [0.29, 0.717) is 11.4 Å². The number of nitrogens with zero attached hydrogens (tertiary/aromatic N) is 1. The van der Waals surface area contributed by atoms with Crippen molar-refractivity contribution >= 4 is 17.2 Å². The summed E-state index contributed by atoms with van der Waals surface area (Å²) in [5.74, 6) is 1.40. The van der Waals surface area contributed by atoms with Crippen LogP contribution in [0, 0.1) is 6.92 Å². The minimum Gasteiger partial charge on any atom is -0.455 e. The fourth-order valence-corrected chi connectivity index (χ4v) is 2.26. The molecule has 0 fully saturated rings. The number of nitrogens with two attached hydrogens (primary N) is 1. The van der Waals surface area contributed by atoms with Crippen LogP contribution in [0.5, 0.6) is 11.5 Å². The van der Waals surface area contributed by atoms with Crippen molar-refractivity contribution in [2.75, 3.05) is 0 Å². The summed E-state index contributed by atoms with van der Waals surface area (Å²) in [5, 5.41) is 0. The number of benzene rings is 1. The van der Waals surface area contributed by atoms with E-state index >= 15 is 0 Å². The topological polar surface area (TPSA) is 48.1 Å². The van der Waals surface area contributed by atoms with E-state index in [-0.39, 0.29) is 10.4 Å². The zero-order valence-corrected chi connectivity index (χ0v) is 13.6. The van der Waals surface area contributed by atoms with Gasteiger partial charge >= 0.3 is 0 Å². The molecular formula is C17H20N2OS. The molecule has 2 N–H and O–H groups in total. The van der Waals surface area contributed by atoms with E-state index in [1.54, 1.807) is 6.20 Å². The first kappa shape index (κ1) is 15.4. The molecule has 2 aromatic rings. The van der Waals surface area contributed by atoms with Crippen molar-refractivity contribution in [3.8, 4) is 11.5 Å². The molecule has 1 aromatic carbocycles. The summed E-state index contributed by atoms with van der Waals surface area (Å²) < 4.78 is 6.08. The highest BCUT2D eigenvalue weighted by Crippen LogP contribution is 2.35. The van der Waals surface area contributed by atoms with Crippen LogP contribution in [0.4, 0.5) is 0 Å². The van der Waals surface area contributed by atoms with E-state index in [2.05, 4.69) is 37.9 Å². The molecule has 0 aliphatic heterocycles. The van der Waals surface area contributed by atoms with Gasteiger partial charge in [0.2, 0.25) is 0 Å². The van der Waals surface area contributed by atoms with Gasteiger partial charge in [-0.05, 0) is 36.1 Å². The molecule has 0 spiro atoms. The van der Waals surface area contributed by atoms with Crippen molar-refractivity contribution in [3.63, 3.8) is 0 Å². The van der Waals surface area contributed by atoms with E-state index in [0.717, 1.165) is 16.9 Å². The predicted octanol–water partition coefficient (Wildman–Crippen LogP) is 4.11. The van der Waals surface area contributed by atoms with Gasteiger partial charge in [-0.1, -0.05) is 45.1 Å². The number of rotatable bonds is 3. The molecule has 1 aromatic heterocycles. The molecule has 3 nitrogen and oxygen atoms in total. The number of hydrogen-bond acceptors (Lipinski definition) is 3. The van der Waals surface area contributed by atoms with Gasteiger partial charge in [-0.3, -0.25) is 0 Å². The van der Waals surface area contributed by atoms with Crippen LogP contribution in [0.15, 0.2) is 36.5 Å². The van der Waals surface area contributed by atoms with Crippen LogP contribution in [-0.4, -0.2) is 9.97 Å². The Hall–Kier alpha value is -1.94. The SMILES string of the molecule is Cc1ccc(C(C)(C)C)c(Oc2cccnc2C(N)=S)c1. The molecule has 0 saturated heterocycles. The third-order valence-corrected chi connectivity index (χ3v) is 3.36. The molecule has 0 aliphatic rings. The van der Waals surface area contributed by atoms with Gasteiger partial charge < -0.3 is 10.5 Å². The van der Waals surface area contributed by atoms with Crippen molar-refractivity contribution < 1.29 is 4.74 Å². The third kappa shape index (κ3) is 3.58. The second-order valence-electron chi connectivity index (χ2n) is 6.07. The van der Waals surface area contributed by atoms with Crippen molar-refractivity contribution in [3.05, 3.63) is 53.3 Å². The summed E-state index contributed by atoms with van der Waals surface area (Å²) in [5.41, 5.74) is 8.47. The van der Waals surface area contributed by atoms with Crippen molar-refractivity contribution in [1.29, 1.82) is 0 Å². The molecule has 0 amide bonds. The molecular weight excluding hydrogens is 280 g/mol. The molecule has 0 radical (unpaired) electrons. The Labute approximate surface area is 131 Å². The third-order valence-electron chi connectivity index (χ3n) is 3.17. The second kappa shape index (κ2) is 5.82. The maximum absolute atomic E-state index is 6.08. The van der Waals surface area contributed by atoms with E-state index in [1.165, 1.54) is 0 Å². The summed E-state index contributed by atoms with van der Waals surface area (Å²) in [4.78, 5) is 4.43. The zero-order valence-electron chi connectivity index (χ0n) is 12.8. The Balaban J connectivity index is 2.49. The zero-order chi connectivity index (χ0) is 15.6. The first-order chi connectivity index (χ1) is 9.79. The summed E-state index contributed by atoms with van der Waals surface area (Å²) in [6.07, 6.45) is 1.66.